The minimum absolute atomic E-state index is 0.152. The van der Waals surface area contributed by atoms with E-state index in [1.807, 2.05) is 12.1 Å². The molecule has 2 heteroatoms. The number of thiophene rings is 1. The molecule has 0 bridgehead atoms. The van der Waals surface area contributed by atoms with Crippen LogP contribution in [0.15, 0.2) is 36.4 Å². The van der Waals surface area contributed by atoms with Gasteiger partial charge in [-0.05, 0) is 48.9 Å². The van der Waals surface area contributed by atoms with Crippen LogP contribution in [0.5, 0.6) is 0 Å². The Labute approximate surface area is 105 Å². The van der Waals surface area contributed by atoms with Crippen LogP contribution in [0.4, 0.5) is 0 Å². The number of hydrogen-bond acceptors (Lipinski definition) is 2. The quantitative estimate of drug-likeness (QED) is 0.724. The van der Waals surface area contributed by atoms with E-state index in [0.29, 0.717) is 0 Å². The molecule has 0 spiro atoms. The molecule has 1 nitrogen and oxygen atoms in total. The molecule has 0 atom stereocenters. The first-order chi connectivity index (χ1) is 8.24. The molecular formula is C15H14OS. The first-order valence-corrected chi connectivity index (χ1v) is 6.77. The van der Waals surface area contributed by atoms with Gasteiger partial charge in [-0.2, -0.15) is 0 Å². The molecule has 0 amide bonds. The van der Waals surface area contributed by atoms with Gasteiger partial charge in [0.15, 0.2) is 5.78 Å². The number of rotatable bonds is 3. The van der Waals surface area contributed by atoms with Crippen molar-refractivity contribution >= 4 is 17.1 Å². The van der Waals surface area contributed by atoms with E-state index in [2.05, 4.69) is 24.3 Å². The second-order valence-corrected chi connectivity index (χ2v) is 5.70. The second-order valence-electron chi connectivity index (χ2n) is 4.62. The van der Waals surface area contributed by atoms with Crippen LogP contribution in [0.25, 0.3) is 10.4 Å². The molecule has 1 saturated carbocycles. The number of carbonyl (C=O) groups is 1. The van der Waals surface area contributed by atoms with E-state index in [9.17, 15) is 4.79 Å². The zero-order valence-electron chi connectivity index (χ0n) is 9.77. The van der Waals surface area contributed by atoms with Crippen LogP contribution in [0.2, 0.25) is 0 Å². The highest BCUT2D eigenvalue weighted by Gasteiger charge is 2.23. The molecule has 1 heterocycles. The summed E-state index contributed by atoms with van der Waals surface area (Å²) in [5.74, 6) is 0.932. The molecule has 1 aliphatic rings. The summed E-state index contributed by atoms with van der Waals surface area (Å²) in [7, 11) is 0. The molecule has 1 aromatic carbocycles. The lowest BCUT2D eigenvalue weighted by molar-refractivity contribution is 0.102. The van der Waals surface area contributed by atoms with Gasteiger partial charge in [0, 0.05) is 4.88 Å². The van der Waals surface area contributed by atoms with Gasteiger partial charge in [-0.15, -0.1) is 11.3 Å². The average Bonchev–Trinajstić information content (AvgIpc) is 3.06. The maximum Gasteiger partial charge on any atom is 0.169 e. The summed E-state index contributed by atoms with van der Waals surface area (Å²) in [5, 5.41) is 0. The lowest BCUT2D eigenvalue weighted by Gasteiger charge is -2.01. The van der Waals surface area contributed by atoms with E-state index < -0.39 is 0 Å². The molecule has 3 rings (SSSR count). The topological polar surface area (TPSA) is 17.1 Å². The van der Waals surface area contributed by atoms with Crippen molar-refractivity contribution in [3.05, 3.63) is 46.8 Å². The summed E-state index contributed by atoms with van der Waals surface area (Å²) < 4.78 is 0. The van der Waals surface area contributed by atoms with E-state index >= 15 is 0 Å². The van der Waals surface area contributed by atoms with Crippen LogP contribution in [-0.4, -0.2) is 5.78 Å². The fourth-order valence-electron chi connectivity index (χ4n) is 2.04. The SMILES string of the molecule is CC(=O)c1ccc(-c2cccc(C3CC3)c2)s1. The van der Waals surface area contributed by atoms with Crippen molar-refractivity contribution in [1.82, 2.24) is 0 Å². The molecule has 1 aromatic heterocycles. The summed E-state index contributed by atoms with van der Waals surface area (Å²) in [4.78, 5) is 13.3. The molecule has 0 saturated heterocycles. The molecule has 1 aliphatic carbocycles. The zero-order chi connectivity index (χ0) is 11.8. The van der Waals surface area contributed by atoms with Crippen LogP contribution >= 0.6 is 11.3 Å². The van der Waals surface area contributed by atoms with E-state index in [-0.39, 0.29) is 5.78 Å². The van der Waals surface area contributed by atoms with Crippen molar-refractivity contribution in [3.8, 4) is 10.4 Å². The van der Waals surface area contributed by atoms with Gasteiger partial charge < -0.3 is 0 Å². The fourth-order valence-corrected chi connectivity index (χ4v) is 2.94. The smallest absolute Gasteiger partial charge is 0.169 e. The number of benzene rings is 1. The van der Waals surface area contributed by atoms with Crippen molar-refractivity contribution in [3.63, 3.8) is 0 Å². The van der Waals surface area contributed by atoms with E-state index in [0.717, 1.165) is 10.8 Å². The first kappa shape index (κ1) is 10.7. The van der Waals surface area contributed by atoms with E-state index in [4.69, 9.17) is 0 Å². The van der Waals surface area contributed by atoms with Crippen LogP contribution in [0.3, 0.4) is 0 Å². The minimum atomic E-state index is 0.152. The summed E-state index contributed by atoms with van der Waals surface area (Å²) in [6.45, 7) is 1.62. The monoisotopic (exact) mass is 242 g/mol. The third kappa shape index (κ3) is 2.18. The van der Waals surface area contributed by atoms with Crippen molar-refractivity contribution in [2.75, 3.05) is 0 Å². The maximum absolute atomic E-state index is 11.3. The van der Waals surface area contributed by atoms with E-state index in [1.54, 1.807) is 18.3 Å². The average molecular weight is 242 g/mol. The maximum atomic E-state index is 11.3. The molecule has 2 aromatic rings. The van der Waals surface area contributed by atoms with Gasteiger partial charge in [0.25, 0.3) is 0 Å². The molecule has 17 heavy (non-hydrogen) atoms. The van der Waals surface area contributed by atoms with Gasteiger partial charge in [0.1, 0.15) is 0 Å². The lowest BCUT2D eigenvalue weighted by atomic mass is 10.1. The van der Waals surface area contributed by atoms with Gasteiger partial charge in [-0.25, -0.2) is 0 Å². The van der Waals surface area contributed by atoms with Crippen LogP contribution in [0, 0.1) is 0 Å². The van der Waals surface area contributed by atoms with Gasteiger partial charge >= 0.3 is 0 Å². The Morgan fingerprint density at radius 3 is 2.71 bits per heavy atom. The zero-order valence-corrected chi connectivity index (χ0v) is 10.6. The highest BCUT2D eigenvalue weighted by molar-refractivity contribution is 7.17. The highest BCUT2D eigenvalue weighted by Crippen LogP contribution is 2.41. The molecular weight excluding hydrogens is 228 g/mol. The molecule has 0 N–H and O–H groups in total. The van der Waals surface area contributed by atoms with Crippen LogP contribution < -0.4 is 0 Å². The van der Waals surface area contributed by atoms with Crippen molar-refractivity contribution in [2.24, 2.45) is 0 Å². The first-order valence-electron chi connectivity index (χ1n) is 5.95. The summed E-state index contributed by atoms with van der Waals surface area (Å²) in [6.07, 6.45) is 2.65. The predicted molar refractivity (Wildman–Crippen MR) is 71.7 cm³/mol. The molecule has 86 valence electrons. The Bertz CT molecular complexity index is 564. The lowest BCUT2D eigenvalue weighted by Crippen LogP contribution is -1.83. The Morgan fingerprint density at radius 1 is 1.24 bits per heavy atom. The van der Waals surface area contributed by atoms with Gasteiger partial charge in [0.2, 0.25) is 0 Å². The van der Waals surface area contributed by atoms with Crippen molar-refractivity contribution < 1.29 is 4.79 Å². The molecule has 0 unspecified atom stereocenters. The Hall–Kier alpha value is -1.41. The standard InChI is InChI=1S/C15H14OS/c1-10(16)14-7-8-15(17-14)13-4-2-3-12(9-13)11-5-6-11/h2-4,7-9,11H,5-6H2,1H3. The van der Waals surface area contributed by atoms with E-state index in [1.165, 1.54) is 28.8 Å². The normalized spacial score (nSPS) is 14.9. The third-order valence-corrected chi connectivity index (χ3v) is 4.41. The van der Waals surface area contributed by atoms with Crippen LogP contribution in [0.1, 0.15) is 40.9 Å². The Balaban J connectivity index is 1.96. The van der Waals surface area contributed by atoms with Crippen LogP contribution in [-0.2, 0) is 0 Å². The summed E-state index contributed by atoms with van der Waals surface area (Å²) >= 11 is 1.59. The number of hydrogen-bond donors (Lipinski definition) is 0. The molecule has 0 aliphatic heterocycles. The minimum Gasteiger partial charge on any atom is -0.294 e. The number of ketones is 1. The summed E-state index contributed by atoms with van der Waals surface area (Å²) in [5.41, 5.74) is 2.69. The molecule has 1 fully saturated rings. The highest BCUT2D eigenvalue weighted by atomic mass is 32.1. The number of carbonyl (C=O) groups excluding carboxylic acids is 1. The Morgan fingerprint density at radius 2 is 2.06 bits per heavy atom. The van der Waals surface area contributed by atoms with Gasteiger partial charge in [0.05, 0.1) is 4.88 Å². The third-order valence-electron chi connectivity index (χ3n) is 3.17. The van der Waals surface area contributed by atoms with Crippen molar-refractivity contribution in [1.29, 1.82) is 0 Å². The molecule has 0 radical (unpaired) electrons. The largest absolute Gasteiger partial charge is 0.294 e. The second kappa shape index (κ2) is 4.11. The Kier molecular flexibility index (Phi) is 2.60. The van der Waals surface area contributed by atoms with Gasteiger partial charge in [-0.3, -0.25) is 4.79 Å². The summed E-state index contributed by atoms with van der Waals surface area (Å²) in [6, 6.07) is 12.7. The fraction of sp³-hybridized carbons (Fsp3) is 0.267. The van der Waals surface area contributed by atoms with Gasteiger partial charge in [-0.1, -0.05) is 24.3 Å². The predicted octanol–water partition coefficient (Wildman–Crippen LogP) is 4.50. The number of Topliss-reactive ketones (excluding diaryl/α,β-unsaturated/α-hetero) is 1. The van der Waals surface area contributed by atoms with Crippen molar-refractivity contribution in [2.45, 2.75) is 25.7 Å².